The Morgan fingerprint density at radius 1 is 1.22 bits per heavy atom. The number of fused-ring (bicyclic) bond motifs is 1. The van der Waals surface area contributed by atoms with Crippen LogP contribution in [0.3, 0.4) is 0 Å². The average molecular weight is 352 g/mol. The molecular weight excluding hydrogens is 341 g/mol. The van der Waals surface area contributed by atoms with E-state index >= 15 is 0 Å². The van der Waals surface area contributed by atoms with Crippen LogP contribution in [0.25, 0.3) is 0 Å². The minimum Gasteiger partial charge on any atom is -0.505 e. The minimum atomic E-state index is -0.372. The zero-order valence-corrected chi connectivity index (χ0v) is 13.4. The number of nitrogens with zero attached hydrogens (tertiary/aromatic N) is 1. The van der Waals surface area contributed by atoms with E-state index in [0.717, 1.165) is 0 Å². The Bertz CT molecular complexity index is 797. The maximum absolute atomic E-state index is 12.8. The topological polar surface area (TPSA) is 59.0 Å². The molecule has 1 amide bonds. The highest BCUT2D eigenvalue weighted by Crippen LogP contribution is 2.38. The van der Waals surface area contributed by atoms with Crippen molar-refractivity contribution in [2.24, 2.45) is 0 Å². The van der Waals surface area contributed by atoms with Gasteiger partial charge < -0.3 is 14.6 Å². The van der Waals surface area contributed by atoms with Gasteiger partial charge >= 0.3 is 0 Å². The van der Waals surface area contributed by atoms with Gasteiger partial charge in [0.2, 0.25) is 0 Å². The first-order valence-corrected chi connectivity index (χ1v) is 7.30. The Labute approximate surface area is 142 Å². The SMILES string of the molecule is COc1ccc2c(c1)N(C(=O)c1cc(Cl)c(O)c(Cl)c1)C=CO2. The number of anilines is 1. The molecule has 2 aromatic rings. The quantitative estimate of drug-likeness (QED) is 0.879. The van der Waals surface area contributed by atoms with E-state index in [1.807, 2.05) is 0 Å². The second-order valence-electron chi connectivity index (χ2n) is 4.70. The number of ether oxygens (including phenoxy) is 2. The smallest absolute Gasteiger partial charge is 0.262 e. The Balaban J connectivity index is 2.04. The number of carbonyl (C=O) groups excluding carboxylic acids is 1. The van der Waals surface area contributed by atoms with Crippen molar-refractivity contribution in [2.75, 3.05) is 12.0 Å². The van der Waals surface area contributed by atoms with Crippen molar-refractivity contribution in [3.8, 4) is 17.2 Å². The van der Waals surface area contributed by atoms with E-state index in [-0.39, 0.29) is 27.3 Å². The lowest BCUT2D eigenvalue weighted by Crippen LogP contribution is -2.27. The predicted molar refractivity (Wildman–Crippen MR) is 87.7 cm³/mol. The molecule has 1 aliphatic heterocycles. The molecule has 23 heavy (non-hydrogen) atoms. The summed E-state index contributed by atoms with van der Waals surface area (Å²) in [6.45, 7) is 0. The van der Waals surface area contributed by atoms with Gasteiger partial charge in [-0.2, -0.15) is 0 Å². The number of aromatic hydroxyl groups is 1. The van der Waals surface area contributed by atoms with Gasteiger partial charge in [0.25, 0.3) is 5.91 Å². The van der Waals surface area contributed by atoms with Crippen molar-refractivity contribution in [1.29, 1.82) is 0 Å². The van der Waals surface area contributed by atoms with E-state index in [4.69, 9.17) is 32.7 Å². The van der Waals surface area contributed by atoms with Crippen LogP contribution in [0, 0.1) is 0 Å². The fraction of sp³-hybridized carbons (Fsp3) is 0.0625. The van der Waals surface area contributed by atoms with E-state index in [9.17, 15) is 9.90 Å². The summed E-state index contributed by atoms with van der Waals surface area (Å²) in [5.41, 5.74) is 0.760. The van der Waals surface area contributed by atoms with E-state index in [2.05, 4.69) is 0 Å². The second-order valence-corrected chi connectivity index (χ2v) is 5.51. The van der Waals surface area contributed by atoms with Crippen LogP contribution in [0.1, 0.15) is 10.4 Å². The van der Waals surface area contributed by atoms with Gasteiger partial charge in [-0.25, -0.2) is 0 Å². The molecule has 0 unspecified atom stereocenters. The van der Waals surface area contributed by atoms with Crippen LogP contribution in [0.15, 0.2) is 42.8 Å². The normalized spacial score (nSPS) is 12.6. The third-order valence-corrected chi connectivity index (χ3v) is 3.89. The molecule has 0 spiro atoms. The fourth-order valence-corrected chi connectivity index (χ4v) is 2.65. The van der Waals surface area contributed by atoms with Crippen LogP contribution < -0.4 is 14.4 Å². The lowest BCUT2D eigenvalue weighted by molar-refractivity contribution is 0.0995. The van der Waals surface area contributed by atoms with Crippen LogP contribution in [-0.2, 0) is 0 Å². The molecule has 0 saturated carbocycles. The van der Waals surface area contributed by atoms with Crippen molar-refractivity contribution in [2.45, 2.75) is 0 Å². The molecule has 1 heterocycles. The summed E-state index contributed by atoms with van der Waals surface area (Å²) in [4.78, 5) is 14.1. The summed E-state index contributed by atoms with van der Waals surface area (Å²) >= 11 is 11.8. The number of benzene rings is 2. The highest BCUT2D eigenvalue weighted by molar-refractivity contribution is 6.37. The summed E-state index contributed by atoms with van der Waals surface area (Å²) in [6, 6.07) is 7.83. The molecule has 7 heteroatoms. The zero-order valence-electron chi connectivity index (χ0n) is 11.9. The molecular formula is C16H11Cl2NO4. The number of rotatable bonds is 2. The Kier molecular flexibility index (Phi) is 4.07. The first-order chi connectivity index (χ1) is 11.0. The summed E-state index contributed by atoms with van der Waals surface area (Å²) in [7, 11) is 1.53. The molecule has 0 aliphatic carbocycles. The van der Waals surface area contributed by atoms with Gasteiger partial charge in [-0.15, -0.1) is 0 Å². The Morgan fingerprint density at radius 3 is 2.57 bits per heavy atom. The van der Waals surface area contributed by atoms with E-state index in [0.29, 0.717) is 17.2 Å². The molecule has 0 bridgehead atoms. The molecule has 0 atom stereocenters. The first kappa shape index (κ1) is 15.5. The van der Waals surface area contributed by atoms with Gasteiger partial charge in [0.15, 0.2) is 11.5 Å². The molecule has 3 rings (SSSR count). The maximum Gasteiger partial charge on any atom is 0.262 e. The molecule has 118 valence electrons. The molecule has 2 aromatic carbocycles. The third-order valence-electron chi connectivity index (χ3n) is 3.31. The van der Waals surface area contributed by atoms with Crippen molar-refractivity contribution in [1.82, 2.24) is 0 Å². The highest BCUT2D eigenvalue weighted by Gasteiger charge is 2.24. The monoisotopic (exact) mass is 351 g/mol. The summed E-state index contributed by atoms with van der Waals surface area (Å²) in [6.07, 6.45) is 2.88. The lowest BCUT2D eigenvalue weighted by Gasteiger charge is -2.25. The number of carbonyl (C=O) groups is 1. The molecule has 0 radical (unpaired) electrons. The zero-order chi connectivity index (χ0) is 16.6. The fourth-order valence-electron chi connectivity index (χ4n) is 2.16. The van der Waals surface area contributed by atoms with E-state index < -0.39 is 0 Å². The predicted octanol–water partition coefficient (Wildman–Crippen LogP) is 4.22. The number of phenolic OH excluding ortho intramolecular Hbond substituents is 1. The second kappa shape index (κ2) is 6.02. The van der Waals surface area contributed by atoms with Crippen LogP contribution >= 0.6 is 23.2 Å². The summed E-state index contributed by atoms with van der Waals surface area (Å²) in [5, 5.41) is 9.62. The van der Waals surface area contributed by atoms with Gasteiger partial charge in [0, 0.05) is 17.8 Å². The minimum absolute atomic E-state index is 0.00366. The van der Waals surface area contributed by atoms with Crippen LogP contribution in [0.5, 0.6) is 17.2 Å². The molecule has 1 N–H and O–H groups in total. The maximum atomic E-state index is 12.8. The summed E-state index contributed by atoms with van der Waals surface area (Å²) in [5.74, 6) is 0.465. The van der Waals surface area contributed by atoms with Crippen molar-refractivity contribution in [3.63, 3.8) is 0 Å². The first-order valence-electron chi connectivity index (χ1n) is 6.54. The van der Waals surface area contributed by atoms with Crippen molar-refractivity contribution in [3.05, 3.63) is 58.4 Å². The average Bonchev–Trinajstić information content (AvgIpc) is 2.57. The van der Waals surface area contributed by atoms with Crippen molar-refractivity contribution >= 4 is 34.8 Å². The van der Waals surface area contributed by atoms with Crippen molar-refractivity contribution < 1.29 is 19.4 Å². The van der Waals surface area contributed by atoms with Gasteiger partial charge in [0.1, 0.15) is 12.0 Å². The van der Waals surface area contributed by atoms with Gasteiger partial charge in [-0.3, -0.25) is 9.69 Å². The largest absolute Gasteiger partial charge is 0.505 e. The molecule has 1 aliphatic rings. The van der Waals surface area contributed by atoms with E-state index in [1.54, 1.807) is 18.2 Å². The van der Waals surface area contributed by atoms with Crippen LogP contribution in [0.4, 0.5) is 5.69 Å². The number of methoxy groups -OCH3 is 1. The molecule has 0 fully saturated rings. The van der Waals surface area contributed by atoms with Gasteiger partial charge in [-0.1, -0.05) is 23.2 Å². The number of hydrogen-bond donors (Lipinski definition) is 1. The Hall–Kier alpha value is -2.37. The molecule has 0 saturated heterocycles. The third kappa shape index (κ3) is 2.81. The number of hydrogen-bond acceptors (Lipinski definition) is 4. The van der Waals surface area contributed by atoms with Gasteiger partial charge in [-0.05, 0) is 24.3 Å². The lowest BCUT2D eigenvalue weighted by atomic mass is 10.1. The standard InChI is InChI=1S/C16H11Cl2NO4/c1-22-10-2-3-14-13(8-10)19(4-5-23-14)16(21)9-6-11(17)15(20)12(18)7-9/h2-8,20H,1H3. The van der Waals surface area contributed by atoms with Gasteiger partial charge in [0.05, 0.1) is 22.8 Å². The number of halogens is 2. The van der Waals surface area contributed by atoms with Crippen LogP contribution in [0.2, 0.25) is 10.0 Å². The number of amides is 1. The van der Waals surface area contributed by atoms with Crippen LogP contribution in [-0.4, -0.2) is 18.1 Å². The van der Waals surface area contributed by atoms with E-state index in [1.165, 1.54) is 36.6 Å². The molecule has 5 nitrogen and oxygen atoms in total. The highest BCUT2D eigenvalue weighted by atomic mass is 35.5. The number of phenols is 1. The molecule has 0 aromatic heterocycles. The Morgan fingerprint density at radius 2 is 1.91 bits per heavy atom. The summed E-state index contributed by atoms with van der Waals surface area (Å²) < 4.78 is 10.6.